The summed E-state index contributed by atoms with van der Waals surface area (Å²) in [7, 11) is 0. The van der Waals surface area contributed by atoms with E-state index in [1.165, 1.54) is 6.20 Å². The predicted octanol–water partition coefficient (Wildman–Crippen LogP) is 3.88. The number of pyridine rings is 2. The third-order valence-corrected chi connectivity index (χ3v) is 5.27. The van der Waals surface area contributed by atoms with Gasteiger partial charge in [-0.05, 0) is 51.8 Å². The number of aromatic hydroxyl groups is 1. The fourth-order valence-corrected chi connectivity index (χ4v) is 3.70. The van der Waals surface area contributed by atoms with Crippen LogP contribution in [-0.2, 0) is 13.0 Å². The Morgan fingerprint density at radius 1 is 1.08 bits per heavy atom. The number of rotatable bonds is 4. The first-order chi connectivity index (χ1) is 12.6. The Balaban J connectivity index is 1.70. The van der Waals surface area contributed by atoms with E-state index in [9.17, 15) is 9.90 Å². The first-order valence-electron chi connectivity index (χ1n) is 8.26. The molecule has 1 aliphatic rings. The summed E-state index contributed by atoms with van der Waals surface area (Å²) in [6.07, 6.45) is 3.77. The molecule has 1 aromatic carbocycles. The van der Waals surface area contributed by atoms with E-state index in [1.54, 1.807) is 18.3 Å². The maximum Gasteiger partial charge on any atom is 0.255 e. The Bertz CT molecular complexity index is 959. The van der Waals surface area contributed by atoms with Crippen molar-refractivity contribution in [2.24, 2.45) is 0 Å². The third-order valence-electron chi connectivity index (χ3n) is 4.55. The topological polar surface area (TPSA) is 66.3 Å². The van der Waals surface area contributed by atoms with Gasteiger partial charge in [-0.2, -0.15) is 0 Å². The lowest BCUT2D eigenvalue weighted by atomic mass is 10.0. The van der Waals surface area contributed by atoms with E-state index in [-0.39, 0.29) is 17.7 Å². The Morgan fingerprint density at radius 2 is 1.92 bits per heavy atom. The summed E-state index contributed by atoms with van der Waals surface area (Å²) < 4.78 is 0.930. The number of aromatic nitrogens is 2. The van der Waals surface area contributed by atoms with Crippen LogP contribution >= 0.6 is 15.9 Å². The molecule has 6 heteroatoms. The zero-order chi connectivity index (χ0) is 18.1. The number of fused-ring (bicyclic) bond motifs is 1. The van der Waals surface area contributed by atoms with Gasteiger partial charge in [-0.25, -0.2) is 0 Å². The maximum atomic E-state index is 13.0. The van der Waals surface area contributed by atoms with E-state index in [1.807, 2.05) is 41.3 Å². The highest BCUT2D eigenvalue weighted by molar-refractivity contribution is 9.10. The molecule has 1 aliphatic heterocycles. The van der Waals surface area contributed by atoms with Crippen LogP contribution in [0.25, 0.3) is 0 Å². The molecule has 0 radical (unpaired) electrons. The van der Waals surface area contributed by atoms with Gasteiger partial charge in [0, 0.05) is 22.7 Å². The molecule has 26 heavy (non-hydrogen) atoms. The average Bonchev–Trinajstić information content (AvgIpc) is 2.91. The highest BCUT2D eigenvalue weighted by atomic mass is 79.9. The molecule has 1 atom stereocenters. The fourth-order valence-electron chi connectivity index (χ4n) is 3.29. The SMILES string of the molecule is O=C1c2ccccc2C(Cc2ncccc2Br)N1Cc1ccc(O)cn1. The summed E-state index contributed by atoms with van der Waals surface area (Å²) in [5.41, 5.74) is 3.37. The van der Waals surface area contributed by atoms with E-state index in [4.69, 9.17) is 0 Å². The van der Waals surface area contributed by atoms with Gasteiger partial charge in [0.25, 0.3) is 5.91 Å². The largest absolute Gasteiger partial charge is 0.506 e. The van der Waals surface area contributed by atoms with Crippen molar-refractivity contribution >= 4 is 21.8 Å². The minimum atomic E-state index is -0.111. The third kappa shape index (κ3) is 3.08. The fraction of sp³-hybridized carbons (Fsp3) is 0.150. The molecule has 3 aromatic rings. The van der Waals surface area contributed by atoms with E-state index in [0.29, 0.717) is 13.0 Å². The van der Waals surface area contributed by atoms with Crippen molar-refractivity contribution in [1.82, 2.24) is 14.9 Å². The maximum absolute atomic E-state index is 13.0. The molecule has 0 saturated carbocycles. The molecule has 0 spiro atoms. The molecule has 1 unspecified atom stereocenters. The zero-order valence-corrected chi connectivity index (χ0v) is 15.4. The van der Waals surface area contributed by atoms with Gasteiger partial charge >= 0.3 is 0 Å². The van der Waals surface area contributed by atoms with Gasteiger partial charge in [-0.1, -0.05) is 18.2 Å². The van der Waals surface area contributed by atoms with Crippen molar-refractivity contribution < 1.29 is 9.90 Å². The van der Waals surface area contributed by atoms with Crippen LogP contribution in [-0.4, -0.2) is 25.9 Å². The Labute approximate surface area is 159 Å². The smallest absolute Gasteiger partial charge is 0.255 e. The van der Waals surface area contributed by atoms with Crippen molar-refractivity contribution in [3.8, 4) is 5.75 Å². The number of hydrogen-bond acceptors (Lipinski definition) is 4. The summed E-state index contributed by atoms with van der Waals surface area (Å²) >= 11 is 3.55. The second kappa shape index (κ2) is 6.88. The molecule has 1 N–H and O–H groups in total. The van der Waals surface area contributed by atoms with Gasteiger partial charge in [-0.3, -0.25) is 14.8 Å². The highest BCUT2D eigenvalue weighted by Crippen LogP contribution is 2.37. The number of carbonyl (C=O) groups is 1. The number of hydrogen-bond donors (Lipinski definition) is 1. The number of halogens is 1. The minimum absolute atomic E-state index is 0.00692. The minimum Gasteiger partial charge on any atom is -0.506 e. The van der Waals surface area contributed by atoms with Crippen LogP contribution in [0.2, 0.25) is 0 Å². The quantitative estimate of drug-likeness (QED) is 0.709. The molecule has 0 saturated heterocycles. The van der Waals surface area contributed by atoms with Crippen LogP contribution in [0.1, 0.15) is 33.4 Å². The Morgan fingerprint density at radius 3 is 2.69 bits per heavy atom. The van der Waals surface area contributed by atoms with Gasteiger partial charge in [0.15, 0.2) is 0 Å². The molecular formula is C20H16BrN3O2. The van der Waals surface area contributed by atoms with Crippen LogP contribution < -0.4 is 0 Å². The molecule has 0 aliphatic carbocycles. The Kier molecular flexibility index (Phi) is 4.42. The summed E-state index contributed by atoms with van der Waals surface area (Å²) in [6, 6.07) is 14.7. The first-order valence-corrected chi connectivity index (χ1v) is 9.06. The van der Waals surface area contributed by atoms with Gasteiger partial charge in [0.05, 0.1) is 30.2 Å². The lowest BCUT2D eigenvalue weighted by Crippen LogP contribution is -2.29. The van der Waals surface area contributed by atoms with Crippen LogP contribution in [0, 0.1) is 0 Å². The van der Waals surface area contributed by atoms with Gasteiger partial charge in [0.2, 0.25) is 0 Å². The van der Waals surface area contributed by atoms with Crippen molar-refractivity contribution in [1.29, 1.82) is 0 Å². The van der Waals surface area contributed by atoms with E-state index < -0.39 is 0 Å². The van der Waals surface area contributed by atoms with Crippen molar-refractivity contribution in [3.05, 3.63) is 87.9 Å². The van der Waals surface area contributed by atoms with Crippen molar-refractivity contribution in [3.63, 3.8) is 0 Å². The second-order valence-electron chi connectivity index (χ2n) is 6.18. The lowest BCUT2D eigenvalue weighted by Gasteiger charge is -2.25. The van der Waals surface area contributed by atoms with E-state index in [2.05, 4.69) is 25.9 Å². The second-order valence-corrected chi connectivity index (χ2v) is 7.03. The summed E-state index contributed by atoms with van der Waals surface area (Å²) in [5, 5.41) is 9.43. The number of benzene rings is 1. The van der Waals surface area contributed by atoms with Crippen molar-refractivity contribution in [2.75, 3.05) is 0 Å². The number of amides is 1. The monoisotopic (exact) mass is 409 g/mol. The standard InChI is InChI=1S/C20H16BrN3O2/c21-17-6-3-9-22-18(17)10-19-15-4-1-2-5-16(15)20(26)24(19)12-13-7-8-14(25)11-23-13/h1-9,11,19,25H,10,12H2. The number of carbonyl (C=O) groups excluding carboxylic acids is 1. The first kappa shape index (κ1) is 16.7. The van der Waals surface area contributed by atoms with E-state index >= 15 is 0 Å². The van der Waals surface area contributed by atoms with Crippen LogP contribution in [0.15, 0.2) is 65.4 Å². The van der Waals surface area contributed by atoms with Crippen LogP contribution in [0.4, 0.5) is 0 Å². The molecular weight excluding hydrogens is 394 g/mol. The number of nitrogens with zero attached hydrogens (tertiary/aromatic N) is 3. The molecule has 130 valence electrons. The summed E-state index contributed by atoms with van der Waals surface area (Å²) in [4.78, 5) is 23.5. The average molecular weight is 410 g/mol. The van der Waals surface area contributed by atoms with Gasteiger partial charge in [-0.15, -0.1) is 0 Å². The zero-order valence-electron chi connectivity index (χ0n) is 13.8. The normalized spacial score (nSPS) is 16.0. The van der Waals surface area contributed by atoms with Crippen molar-refractivity contribution in [2.45, 2.75) is 19.0 Å². The van der Waals surface area contributed by atoms with Crippen LogP contribution in [0.5, 0.6) is 5.75 Å². The Hall–Kier alpha value is -2.73. The van der Waals surface area contributed by atoms with Crippen LogP contribution in [0.3, 0.4) is 0 Å². The molecule has 4 rings (SSSR count). The molecule has 3 heterocycles. The molecule has 2 aromatic heterocycles. The van der Waals surface area contributed by atoms with E-state index in [0.717, 1.165) is 27.0 Å². The van der Waals surface area contributed by atoms with Gasteiger partial charge in [0.1, 0.15) is 5.75 Å². The molecule has 0 fully saturated rings. The highest BCUT2D eigenvalue weighted by Gasteiger charge is 2.37. The summed E-state index contributed by atoms with van der Waals surface area (Å²) in [6.45, 7) is 0.378. The molecule has 5 nitrogen and oxygen atoms in total. The van der Waals surface area contributed by atoms with Gasteiger partial charge < -0.3 is 10.0 Å². The summed E-state index contributed by atoms with van der Waals surface area (Å²) in [5.74, 6) is 0.103. The molecule has 0 bridgehead atoms. The molecule has 1 amide bonds. The predicted molar refractivity (Wildman–Crippen MR) is 101 cm³/mol. The lowest BCUT2D eigenvalue weighted by molar-refractivity contribution is 0.0706.